The van der Waals surface area contributed by atoms with Crippen LogP contribution in [0.1, 0.15) is 6.42 Å². The number of ether oxygens (including phenoxy) is 1. The minimum Gasteiger partial charge on any atom is -0.379 e. The molecule has 86 valence electrons. The van der Waals surface area contributed by atoms with E-state index in [1.54, 1.807) is 0 Å². The van der Waals surface area contributed by atoms with Gasteiger partial charge >= 0.3 is 6.03 Å². The van der Waals surface area contributed by atoms with Crippen molar-refractivity contribution in [2.75, 3.05) is 46.4 Å². The van der Waals surface area contributed by atoms with Crippen molar-refractivity contribution in [2.24, 2.45) is 0 Å². The summed E-state index contributed by atoms with van der Waals surface area (Å²) in [6.07, 6.45) is 0.967. The van der Waals surface area contributed by atoms with E-state index in [4.69, 9.17) is 4.74 Å². The zero-order chi connectivity index (χ0) is 10.7. The van der Waals surface area contributed by atoms with Crippen molar-refractivity contribution in [3.05, 3.63) is 0 Å². The van der Waals surface area contributed by atoms with E-state index in [1.807, 2.05) is 16.8 Å². The molecule has 0 aromatic rings. The lowest BCUT2D eigenvalue weighted by atomic mass is 10.2. The Morgan fingerprint density at radius 3 is 2.80 bits per heavy atom. The van der Waals surface area contributed by atoms with Crippen LogP contribution in [-0.2, 0) is 4.74 Å². The molecular formula is C10H19N3O2. The second-order valence-corrected chi connectivity index (χ2v) is 4.15. The van der Waals surface area contributed by atoms with E-state index in [-0.39, 0.29) is 12.1 Å². The summed E-state index contributed by atoms with van der Waals surface area (Å²) in [5.74, 6) is 0. The SMILES string of the molecule is CN(C(=O)N1CCNCC1)C1CCOC1. The maximum absolute atomic E-state index is 12.1. The lowest BCUT2D eigenvalue weighted by Gasteiger charge is -2.33. The highest BCUT2D eigenvalue weighted by atomic mass is 16.5. The number of hydrogen-bond donors (Lipinski definition) is 1. The van der Waals surface area contributed by atoms with E-state index in [2.05, 4.69) is 5.32 Å². The molecule has 0 saturated carbocycles. The monoisotopic (exact) mass is 213 g/mol. The summed E-state index contributed by atoms with van der Waals surface area (Å²) < 4.78 is 5.29. The Labute approximate surface area is 90.4 Å². The van der Waals surface area contributed by atoms with Crippen LogP contribution >= 0.6 is 0 Å². The molecule has 0 aromatic carbocycles. The summed E-state index contributed by atoms with van der Waals surface area (Å²) in [5.41, 5.74) is 0. The van der Waals surface area contributed by atoms with E-state index >= 15 is 0 Å². The van der Waals surface area contributed by atoms with Gasteiger partial charge in [0.2, 0.25) is 0 Å². The standard InChI is InChI=1S/C10H19N3O2/c1-12(9-2-7-15-8-9)10(14)13-5-3-11-4-6-13/h9,11H,2-8H2,1H3. The second-order valence-electron chi connectivity index (χ2n) is 4.15. The molecule has 2 amide bonds. The van der Waals surface area contributed by atoms with Gasteiger partial charge in [-0.15, -0.1) is 0 Å². The fourth-order valence-electron chi connectivity index (χ4n) is 2.06. The molecule has 1 unspecified atom stereocenters. The van der Waals surface area contributed by atoms with Crippen LogP contribution in [0.5, 0.6) is 0 Å². The number of piperazine rings is 1. The second kappa shape index (κ2) is 4.81. The molecule has 0 radical (unpaired) electrons. The number of carbonyl (C=O) groups is 1. The lowest BCUT2D eigenvalue weighted by Crippen LogP contribution is -2.52. The molecule has 2 fully saturated rings. The molecule has 1 atom stereocenters. The normalized spacial score (nSPS) is 26.7. The summed E-state index contributed by atoms with van der Waals surface area (Å²) in [7, 11) is 1.88. The van der Waals surface area contributed by atoms with Crippen LogP contribution in [0.4, 0.5) is 4.79 Å². The first-order valence-corrected chi connectivity index (χ1v) is 5.59. The van der Waals surface area contributed by atoms with Crippen molar-refractivity contribution in [3.63, 3.8) is 0 Å². The molecule has 2 aliphatic heterocycles. The summed E-state index contributed by atoms with van der Waals surface area (Å²) >= 11 is 0. The van der Waals surface area contributed by atoms with Crippen LogP contribution < -0.4 is 5.32 Å². The van der Waals surface area contributed by atoms with Gasteiger partial charge in [0.05, 0.1) is 12.6 Å². The summed E-state index contributed by atoms with van der Waals surface area (Å²) in [6, 6.07) is 0.416. The molecule has 2 rings (SSSR count). The van der Waals surface area contributed by atoms with Gasteiger partial charge in [0.15, 0.2) is 0 Å². The molecule has 0 aromatic heterocycles. The van der Waals surface area contributed by atoms with E-state index in [9.17, 15) is 4.79 Å². The van der Waals surface area contributed by atoms with Crippen molar-refractivity contribution in [2.45, 2.75) is 12.5 Å². The number of carbonyl (C=O) groups excluding carboxylic acids is 1. The number of nitrogens with zero attached hydrogens (tertiary/aromatic N) is 2. The Kier molecular flexibility index (Phi) is 3.43. The van der Waals surface area contributed by atoms with Gasteiger partial charge in [0.1, 0.15) is 0 Å². The summed E-state index contributed by atoms with van der Waals surface area (Å²) in [5, 5.41) is 3.24. The lowest BCUT2D eigenvalue weighted by molar-refractivity contribution is 0.128. The van der Waals surface area contributed by atoms with Gasteiger partial charge in [-0.2, -0.15) is 0 Å². The van der Waals surface area contributed by atoms with Gasteiger partial charge in [-0.25, -0.2) is 4.79 Å². The third-order valence-electron chi connectivity index (χ3n) is 3.14. The Bertz CT molecular complexity index is 223. The number of hydrogen-bond acceptors (Lipinski definition) is 3. The van der Waals surface area contributed by atoms with Gasteiger partial charge < -0.3 is 19.9 Å². The van der Waals surface area contributed by atoms with Crippen LogP contribution in [0.2, 0.25) is 0 Å². The van der Waals surface area contributed by atoms with Crippen molar-refractivity contribution in [1.29, 1.82) is 0 Å². The Morgan fingerprint density at radius 1 is 1.47 bits per heavy atom. The third kappa shape index (κ3) is 2.41. The molecule has 2 aliphatic rings. The molecule has 2 heterocycles. The third-order valence-corrected chi connectivity index (χ3v) is 3.14. The molecule has 1 N–H and O–H groups in total. The Morgan fingerprint density at radius 2 is 2.20 bits per heavy atom. The fraction of sp³-hybridized carbons (Fsp3) is 0.900. The molecule has 5 nitrogen and oxygen atoms in total. The first-order valence-electron chi connectivity index (χ1n) is 5.59. The van der Waals surface area contributed by atoms with Crippen molar-refractivity contribution in [1.82, 2.24) is 15.1 Å². The van der Waals surface area contributed by atoms with Crippen LogP contribution in [0, 0.1) is 0 Å². The average molecular weight is 213 g/mol. The van der Waals surface area contributed by atoms with Gasteiger partial charge in [-0.3, -0.25) is 0 Å². The summed E-state index contributed by atoms with van der Waals surface area (Å²) in [6.45, 7) is 4.91. The topological polar surface area (TPSA) is 44.8 Å². The predicted molar refractivity (Wildman–Crippen MR) is 56.8 cm³/mol. The quantitative estimate of drug-likeness (QED) is 0.652. The molecule has 15 heavy (non-hydrogen) atoms. The zero-order valence-electron chi connectivity index (χ0n) is 9.24. The number of amides is 2. The zero-order valence-corrected chi connectivity index (χ0v) is 9.24. The van der Waals surface area contributed by atoms with Gasteiger partial charge in [-0.05, 0) is 6.42 Å². The summed E-state index contributed by atoms with van der Waals surface area (Å²) in [4.78, 5) is 15.8. The van der Waals surface area contributed by atoms with Crippen molar-refractivity contribution in [3.8, 4) is 0 Å². The first kappa shape index (κ1) is 10.7. The molecule has 0 bridgehead atoms. The minimum atomic E-state index is 0.145. The Hall–Kier alpha value is -0.810. The molecule has 0 spiro atoms. The van der Waals surface area contributed by atoms with E-state index < -0.39 is 0 Å². The highest BCUT2D eigenvalue weighted by Crippen LogP contribution is 2.12. The van der Waals surface area contributed by atoms with Gasteiger partial charge in [-0.1, -0.05) is 0 Å². The first-order chi connectivity index (χ1) is 7.29. The predicted octanol–water partition coefficient (Wildman–Crippen LogP) is -0.268. The van der Waals surface area contributed by atoms with E-state index in [0.717, 1.165) is 39.2 Å². The highest BCUT2D eigenvalue weighted by molar-refractivity contribution is 5.74. The van der Waals surface area contributed by atoms with Crippen LogP contribution in [0.3, 0.4) is 0 Å². The van der Waals surface area contributed by atoms with Crippen LogP contribution in [-0.4, -0.2) is 68.3 Å². The average Bonchev–Trinajstić information content (AvgIpc) is 2.82. The molecule has 2 saturated heterocycles. The fourth-order valence-corrected chi connectivity index (χ4v) is 2.06. The molecule has 5 heteroatoms. The van der Waals surface area contributed by atoms with Crippen molar-refractivity contribution < 1.29 is 9.53 Å². The van der Waals surface area contributed by atoms with Gasteiger partial charge in [0.25, 0.3) is 0 Å². The Balaban J connectivity index is 1.87. The van der Waals surface area contributed by atoms with Crippen LogP contribution in [0.15, 0.2) is 0 Å². The number of nitrogens with one attached hydrogen (secondary N) is 1. The van der Waals surface area contributed by atoms with Gasteiger partial charge in [0, 0.05) is 39.8 Å². The number of rotatable bonds is 1. The van der Waals surface area contributed by atoms with E-state index in [1.165, 1.54) is 0 Å². The maximum Gasteiger partial charge on any atom is 0.320 e. The van der Waals surface area contributed by atoms with Crippen molar-refractivity contribution >= 4 is 6.03 Å². The highest BCUT2D eigenvalue weighted by Gasteiger charge is 2.27. The molecule has 0 aliphatic carbocycles. The maximum atomic E-state index is 12.1. The number of urea groups is 1. The number of likely N-dealkylation sites (N-methyl/N-ethyl adjacent to an activating group) is 1. The molecular weight excluding hydrogens is 194 g/mol. The van der Waals surface area contributed by atoms with E-state index in [0.29, 0.717) is 6.61 Å². The largest absolute Gasteiger partial charge is 0.379 e. The van der Waals surface area contributed by atoms with Crippen LogP contribution in [0.25, 0.3) is 0 Å². The smallest absolute Gasteiger partial charge is 0.320 e. The minimum absolute atomic E-state index is 0.145.